The van der Waals surface area contributed by atoms with Gasteiger partial charge < -0.3 is 24.4 Å². The number of nitrogens with one attached hydrogen (secondary N) is 1. The molecule has 1 amide bonds. The zero-order valence-electron chi connectivity index (χ0n) is 19.0. The van der Waals surface area contributed by atoms with E-state index in [4.69, 9.17) is 9.72 Å². The smallest absolute Gasteiger partial charge is 0.270 e. The summed E-state index contributed by atoms with van der Waals surface area (Å²) in [5.74, 6) is 2.60. The van der Waals surface area contributed by atoms with Gasteiger partial charge in [0.25, 0.3) is 5.91 Å². The number of rotatable bonds is 8. The van der Waals surface area contributed by atoms with Gasteiger partial charge in [0.15, 0.2) is 0 Å². The second kappa shape index (κ2) is 7.74. The van der Waals surface area contributed by atoms with Gasteiger partial charge in [-0.15, -0.1) is 0 Å². The maximum Gasteiger partial charge on any atom is 0.270 e. The van der Waals surface area contributed by atoms with Gasteiger partial charge in [-0.1, -0.05) is 0 Å². The molecule has 3 aliphatic carbocycles. The highest BCUT2D eigenvalue weighted by molar-refractivity contribution is 5.98. The number of ether oxygens (including phenoxy) is 1. The number of carbonyl (C=O) groups is 1. The second-order valence-electron chi connectivity index (χ2n) is 9.40. The van der Waals surface area contributed by atoms with Crippen LogP contribution in [0.15, 0.2) is 30.6 Å². The van der Waals surface area contributed by atoms with Gasteiger partial charge in [0.1, 0.15) is 29.5 Å². The monoisotopic (exact) mass is 435 g/mol. The van der Waals surface area contributed by atoms with E-state index < -0.39 is 0 Å². The number of pyridine rings is 1. The molecule has 0 aromatic carbocycles. The van der Waals surface area contributed by atoms with E-state index >= 15 is 0 Å². The van der Waals surface area contributed by atoms with Crippen LogP contribution in [0.1, 0.15) is 29.8 Å². The molecule has 0 aliphatic heterocycles. The molecular formula is C23H29N7O2. The van der Waals surface area contributed by atoms with Gasteiger partial charge in [0.05, 0.1) is 6.20 Å². The van der Waals surface area contributed by atoms with Crippen LogP contribution in [-0.4, -0.2) is 76.6 Å². The zero-order chi connectivity index (χ0) is 22.5. The van der Waals surface area contributed by atoms with E-state index in [2.05, 4.69) is 24.8 Å². The highest BCUT2D eigenvalue weighted by atomic mass is 16.5. The Morgan fingerprint density at radius 3 is 2.56 bits per heavy atom. The van der Waals surface area contributed by atoms with E-state index in [-0.39, 0.29) is 11.4 Å². The molecule has 3 aromatic rings. The molecule has 3 heterocycles. The molecule has 168 valence electrons. The number of fused-ring (bicyclic) bond motifs is 1. The highest BCUT2D eigenvalue weighted by Gasteiger charge is 2.59. The molecule has 3 aromatic heterocycles. The van der Waals surface area contributed by atoms with Crippen LogP contribution < -0.4 is 10.1 Å². The first-order valence-electron chi connectivity index (χ1n) is 11.0. The van der Waals surface area contributed by atoms with E-state index in [1.165, 1.54) is 0 Å². The van der Waals surface area contributed by atoms with E-state index in [0.717, 1.165) is 48.5 Å². The lowest BCUT2D eigenvalue weighted by molar-refractivity contribution is -0.0870. The minimum absolute atomic E-state index is 0.00578. The van der Waals surface area contributed by atoms with Gasteiger partial charge in [-0.3, -0.25) is 4.79 Å². The van der Waals surface area contributed by atoms with Gasteiger partial charge in [0.2, 0.25) is 5.95 Å². The van der Waals surface area contributed by atoms with Crippen molar-refractivity contribution in [2.45, 2.75) is 24.8 Å². The second-order valence-corrected chi connectivity index (χ2v) is 9.40. The van der Waals surface area contributed by atoms with Gasteiger partial charge in [-0.05, 0) is 57.5 Å². The minimum atomic E-state index is -0.00578. The Hall–Kier alpha value is -3.20. The summed E-state index contributed by atoms with van der Waals surface area (Å²) >= 11 is 0. The quantitative estimate of drug-likeness (QED) is 0.582. The number of likely N-dealkylation sites (N-methyl/N-ethyl adjacent to an activating group) is 1. The van der Waals surface area contributed by atoms with Crippen molar-refractivity contribution in [3.05, 3.63) is 36.3 Å². The highest BCUT2D eigenvalue weighted by Crippen LogP contribution is 2.63. The van der Waals surface area contributed by atoms with Crippen molar-refractivity contribution >= 4 is 28.7 Å². The minimum Gasteiger partial charge on any atom is -0.491 e. The summed E-state index contributed by atoms with van der Waals surface area (Å²) in [5.41, 5.74) is 1.52. The standard InChI is InChI=1S/C23H29N7O2/c1-28(2)7-8-32-17-5-6-19(24-14-17)26-22-25-13-16-9-18(21(31)29(3)4)30(20(16)27-22)23-10-15(11-23)12-23/h5-6,9,13-15H,7-8,10-12H2,1-4H3,(H,24,25,26,27). The van der Waals surface area contributed by atoms with Crippen LogP contribution in [0, 0.1) is 5.92 Å². The fraction of sp³-hybridized carbons (Fsp3) is 0.478. The van der Waals surface area contributed by atoms with Crippen LogP contribution in [0.2, 0.25) is 0 Å². The maximum atomic E-state index is 12.9. The Bertz CT molecular complexity index is 1140. The number of amides is 1. The summed E-state index contributed by atoms with van der Waals surface area (Å²) in [6.45, 7) is 1.45. The summed E-state index contributed by atoms with van der Waals surface area (Å²) in [5, 5.41) is 4.06. The Morgan fingerprint density at radius 2 is 1.97 bits per heavy atom. The maximum absolute atomic E-state index is 12.9. The summed E-state index contributed by atoms with van der Waals surface area (Å²) < 4.78 is 7.86. The average molecular weight is 436 g/mol. The van der Waals surface area contributed by atoms with Crippen LogP contribution in [-0.2, 0) is 5.54 Å². The van der Waals surface area contributed by atoms with Crippen LogP contribution >= 0.6 is 0 Å². The molecule has 1 N–H and O–H groups in total. The zero-order valence-corrected chi connectivity index (χ0v) is 19.0. The molecule has 9 nitrogen and oxygen atoms in total. The molecule has 9 heteroatoms. The van der Waals surface area contributed by atoms with E-state index in [9.17, 15) is 4.79 Å². The van der Waals surface area contributed by atoms with E-state index in [1.807, 2.05) is 32.3 Å². The molecule has 32 heavy (non-hydrogen) atoms. The first-order valence-corrected chi connectivity index (χ1v) is 11.0. The molecule has 3 fully saturated rings. The SMILES string of the molecule is CN(C)CCOc1ccc(Nc2ncc3cc(C(=O)N(C)C)n(C45CC(C4)C5)c3n2)nc1. The first kappa shape index (κ1) is 20.7. The number of aromatic nitrogens is 4. The molecule has 2 bridgehead atoms. The van der Waals surface area contributed by atoms with Crippen molar-refractivity contribution in [2.75, 3.05) is 46.7 Å². The Kier molecular flexibility index (Phi) is 5.00. The third kappa shape index (κ3) is 3.56. The van der Waals surface area contributed by atoms with Crippen molar-refractivity contribution in [1.82, 2.24) is 29.3 Å². The number of anilines is 2. The lowest BCUT2D eigenvalue weighted by Gasteiger charge is -2.62. The summed E-state index contributed by atoms with van der Waals surface area (Å²) in [6.07, 6.45) is 6.82. The average Bonchev–Trinajstić information content (AvgIpc) is 3.05. The molecule has 3 aliphatic rings. The number of hydrogen-bond acceptors (Lipinski definition) is 7. The first-order chi connectivity index (χ1) is 15.3. The Labute approximate surface area is 187 Å². The summed E-state index contributed by atoms with van der Waals surface area (Å²) in [4.78, 5) is 30.2. The van der Waals surface area contributed by atoms with Crippen LogP contribution in [0.3, 0.4) is 0 Å². The lowest BCUT2D eigenvalue weighted by atomic mass is 9.49. The van der Waals surface area contributed by atoms with Gasteiger partial charge >= 0.3 is 0 Å². The van der Waals surface area contributed by atoms with Gasteiger partial charge in [0, 0.05) is 37.8 Å². The predicted octanol–water partition coefficient (Wildman–Crippen LogP) is 2.72. The van der Waals surface area contributed by atoms with Crippen LogP contribution in [0.4, 0.5) is 11.8 Å². The molecule has 0 atom stereocenters. The van der Waals surface area contributed by atoms with Gasteiger partial charge in [-0.25, -0.2) is 9.97 Å². The van der Waals surface area contributed by atoms with Crippen LogP contribution in [0.25, 0.3) is 11.0 Å². The summed E-state index contributed by atoms with van der Waals surface area (Å²) in [6, 6.07) is 5.64. The van der Waals surface area contributed by atoms with Crippen molar-refractivity contribution in [3.8, 4) is 5.75 Å². The fourth-order valence-corrected chi connectivity index (χ4v) is 4.62. The van der Waals surface area contributed by atoms with Gasteiger partial charge in [-0.2, -0.15) is 4.98 Å². The van der Waals surface area contributed by atoms with Crippen molar-refractivity contribution in [1.29, 1.82) is 0 Å². The lowest BCUT2D eigenvalue weighted by Crippen LogP contribution is -2.60. The normalized spacial score (nSPS) is 21.2. The van der Waals surface area contributed by atoms with Crippen molar-refractivity contribution < 1.29 is 9.53 Å². The van der Waals surface area contributed by atoms with Crippen molar-refractivity contribution in [3.63, 3.8) is 0 Å². The molecule has 6 rings (SSSR count). The molecular weight excluding hydrogens is 406 g/mol. The van der Waals surface area contributed by atoms with Crippen LogP contribution in [0.5, 0.6) is 5.75 Å². The number of hydrogen-bond donors (Lipinski definition) is 1. The molecule has 3 saturated carbocycles. The third-order valence-corrected chi connectivity index (χ3v) is 6.43. The van der Waals surface area contributed by atoms with E-state index in [0.29, 0.717) is 24.1 Å². The topological polar surface area (TPSA) is 88.4 Å². The molecule has 0 radical (unpaired) electrons. The molecule has 0 unspecified atom stereocenters. The predicted molar refractivity (Wildman–Crippen MR) is 122 cm³/mol. The fourth-order valence-electron chi connectivity index (χ4n) is 4.62. The number of carbonyl (C=O) groups excluding carboxylic acids is 1. The molecule has 0 spiro atoms. The van der Waals surface area contributed by atoms with Crippen molar-refractivity contribution in [2.24, 2.45) is 5.92 Å². The Balaban J connectivity index is 1.40. The number of nitrogens with zero attached hydrogens (tertiary/aromatic N) is 6. The largest absolute Gasteiger partial charge is 0.491 e. The Morgan fingerprint density at radius 1 is 1.19 bits per heavy atom. The van der Waals surface area contributed by atoms with E-state index in [1.54, 1.807) is 31.4 Å². The molecule has 0 saturated heterocycles. The third-order valence-electron chi connectivity index (χ3n) is 6.43. The summed E-state index contributed by atoms with van der Waals surface area (Å²) in [7, 11) is 7.58.